The number of carbonyl (C=O) groups is 2. The molecule has 1 aliphatic rings. The van der Waals surface area contributed by atoms with Crippen LogP contribution in [0.4, 0.5) is 5.00 Å². The van der Waals surface area contributed by atoms with Crippen LogP contribution in [0.2, 0.25) is 0 Å². The highest BCUT2D eigenvalue weighted by Crippen LogP contribution is 2.39. The number of anilines is 1. The Bertz CT molecular complexity index is 883. The highest BCUT2D eigenvalue weighted by molar-refractivity contribution is 7.17. The van der Waals surface area contributed by atoms with Crippen LogP contribution in [-0.4, -0.2) is 25.1 Å². The number of hydrogen-bond acceptors (Lipinski definition) is 5. The maximum absolute atomic E-state index is 12.4. The number of rotatable bonds is 9. The number of amides is 1. The lowest BCUT2D eigenvalue weighted by molar-refractivity contribution is -0.111. The van der Waals surface area contributed by atoms with Gasteiger partial charge in [-0.3, -0.25) is 4.79 Å². The van der Waals surface area contributed by atoms with Gasteiger partial charge in [-0.25, -0.2) is 4.79 Å². The van der Waals surface area contributed by atoms with E-state index in [4.69, 9.17) is 9.47 Å². The molecule has 2 aromatic rings. The van der Waals surface area contributed by atoms with Crippen molar-refractivity contribution in [2.45, 2.75) is 46.0 Å². The molecule has 0 spiro atoms. The van der Waals surface area contributed by atoms with E-state index in [2.05, 4.69) is 12.2 Å². The fourth-order valence-electron chi connectivity index (χ4n) is 3.25. The zero-order valence-corrected chi connectivity index (χ0v) is 17.8. The maximum atomic E-state index is 12.4. The number of hydrogen-bond donors (Lipinski definition) is 1. The normalized spacial score (nSPS) is 12.8. The fraction of sp³-hybridized carbons (Fsp3) is 0.391. The topological polar surface area (TPSA) is 64.6 Å². The number of fused-ring (bicyclic) bond motifs is 1. The van der Waals surface area contributed by atoms with Crippen LogP contribution in [-0.2, 0) is 22.4 Å². The Hall–Kier alpha value is -2.60. The third kappa shape index (κ3) is 5.48. The van der Waals surface area contributed by atoms with E-state index >= 15 is 0 Å². The molecule has 0 unspecified atom stereocenters. The predicted molar refractivity (Wildman–Crippen MR) is 117 cm³/mol. The molecule has 0 saturated carbocycles. The Labute approximate surface area is 175 Å². The molecular weight excluding hydrogens is 386 g/mol. The molecule has 0 atom stereocenters. The van der Waals surface area contributed by atoms with Gasteiger partial charge in [-0.2, -0.15) is 0 Å². The van der Waals surface area contributed by atoms with E-state index < -0.39 is 0 Å². The van der Waals surface area contributed by atoms with Gasteiger partial charge in [0.25, 0.3) is 0 Å². The number of benzene rings is 1. The van der Waals surface area contributed by atoms with Crippen molar-refractivity contribution in [2.75, 3.05) is 18.5 Å². The minimum atomic E-state index is -0.357. The summed E-state index contributed by atoms with van der Waals surface area (Å²) in [6.07, 6.45) is 8.20. The molecular formula is C23H27NO4S. The quantitative estimate of drug-likeness (QED) is 0.347. The van der Waals surface area contributed by atoms with Gasteiger partial charge < -0.3 is 14.8 Å². The zero-order chi connectivity index (χ0) is 20.6. The Morgan fingerprint density at radius 3 is 2.69 bits per heavy atom. The lowest BCUT2D eigenvalue weighted by Crippen LogP contribution is -2.13. The molecule has 0 bridgehead atoms. The molecule has 0 aliphatic heterocycles. The van der Waals surface area contributed by atoms with Crippen LogP contribution in [0.3, 0.4) is 0 Å². The predicted octanol–water partition coefficient (Wildman–Crippen LogP) is 5.24. The molecule has 0 fully saturated rings. The smallest absolute Gasteiger partial charge is 0.341 e. The van der Waals surface area contributed by atoms with E-state index in [1.165, 1.54) is 22.3 Å². The molecule has 1 amide bonds. The third-order valence-electron chi connectivity index (χ3n) is 4.71. The van der Waals surface area contributed by atoms with Crippen LogP contribution in [0.1, 0.15) is 59.5 Å². The van der Waals surface area contributed by atoms with Crippen molar-refractivity contribution < 1.29 is 19.1 Å². The lowest BCUT2D eigenvalue weighted by atomic mass is 10.1. The van der Waals surface area contributed by atoms with Crippen molar-refractivity contribution in [3.8, 4) is 5.75 Å². The molecule has 154 valence electrons. The first-order valence-corrected chi connectivity index (χ1v) is 11.0. The SMILES string of the molecule is CCCCOc1ccc(C=CC(=O)Nc2sc3c(c2C(=O)OCC)CCC3)cc1. The summed E-state index contributed by atoms with van der Waals surface area (Å²) >= 11 is 1.48. The van der Waals surface area contributed by atoms with Gasteiger partial charge in [0.1, 0.15) is 10.8 Å². The Morgan fingerprint density at radius 2 is 1.97 bits per heavy atom. The summed E-state index contributed by atoms with van der Waals surface area (Å²) < 4.78 is 10.8. The van der Waals surface area contributed by atoms with E-state index in [9.17, 15) is 9.59 Å². The maximum Gasteiger partial charge on any atom is 0.341 e. The molecule has 1 aliphatic carbocycles. The summed E-state index contributed by atoms with van der Waals surface area (Å²) in [5.74, 6) is 0.204. The lowest BCUT2D eigenvalue weighted by Gasteiger charge is -2.06. The van der Waals surface area contributed by atoms with Crippen molar-refractivity contribution in [3.05, 3.63) is 51.9 Å². The first-order chi connectivity index (χ1) is 14.1. The molecule has 0 radical (unpaired) electrons. The number of nitrogens with one attached hydrogen (secondary N) is 1. The molecule has 29 heavy (non-hydrogen) atoms. The third-order valence-corrected chi connectivity index (χ3v) is 5.92. The Balaban J connectivity index is 1.64. The molecule has 1 aromatic heterocycles. The summed E-state index contributed by atoms with van der Waals surface area (Å²) in [7, 11) is 0. The first-order valence-electron chi connectivity index (χ1n) is 10.2. The molecule has 6 heteroatoms. The van der Waals surface area contributed by atoms with Gasteiger partial charge in [0, 0.05) is 11.0 Å². The summed E-state index contributed by atoms with van der Waals surface area (Å²) in [4.78, 5) is 26.0. The van der Waals surface area contributed by atoms with Crippen LogP contribution >= 0.6 is 11.3 Å². The molecule has 0 saturated heterocycles. The van der Waals surface area contributed by atoms with Gasteiger partial charge >= 0.3 is 5.97 Å². The van der Waals surface area contributed by atoms with Crippen LogP contribution in [0.25, 0.3) is 6.08 Å². The molecule has 1 N–H and O–H groups in total. The van der Waals surface area contributed by atoms with Crippen molar-refractivity contribution >= 4 is 34.3 Å². The largest absolute Gasteiger partial charge is 0.494 e. The average molecular weight is 414 g/mol. The van der Waals surface area contributed by atoms with Gasteiger partial charge in [-0.05, 0) is 61.9 Å². The van der Waals surface area contributed by atoms with Gasteiger partial charge in [0.2, 0.25) is 5.91 Å². The second-order valence-corrected chi connectivity index (χ2v) is 7.98. The molecule has 3 rings (SSSR count). The number of ether oxygens (including phenoxy) is 2. The van der Waals surface area contributed by atoms with Crippen molar-refractivity contribution in [2.24, 2.45) is 0 Å². The second-order valence-electron chi connectivity index (χ2n) is 6.88. The number of esters is 1. The highest BCUT2D eigenvalue weighted by atomic mass is 32.1. The van der Waals surface area contributed by atoms with E-state index in [0.29, 0.717) is 23.8 Å². The second kappa shape index (κ2) is 10.3. The summed E-state index contributed by atoms with van der Waals surface area (Å²) in [5, 5.41) is 3.45. The minimum absolute atomic E-state index is 0.265. The molecule has 1 heterocycles. The Morgan fingerprint density at radius 1 is 1.17 bits per heavy atom. The molecule has 1 aromatic carbocycles. The van der Waals surface area contributed by atoms with E-state index in [1.807, 2.05) is 24.3 Å². The number of unbranched alkanes of at least 4 members (excludes halogenated alkanes) is 1. The summed E-state index contributed by atoms with van der Waals surface area (Å²) in [6.45, 7) is 4.93. The van der Waals surface area contributed by atoms with Gasteiger partial charge in [0.05, 0.1) is 18.8 Å². The average Bonchev–Trinajstić information content (AvgIpc) is 3.28. The summed E-state index contributed by atoms with van der Waals surface area (Å²) in [6, 6.07) is 7.62. The number of aryl methyl sites for hydroxylation is 1. The fourth-order valence-corrected chi connectivity index (χ4v) is 4.53. The zero-order valence-electron chi connectivity index (χ0n) is 17.0. The molecule has 5 nitrogen and oxygen atoms in total. The van der Waals surface area contributed by atoms with E-state index in [0.717, 1.165) is 49.0 Å². The first kappa shape index (κ1) is 21.1. The van der Waals surface area contributed by atoms with Gasteiger partial charge in [-0.15, -0.1) is 11.3 Å². The highest BCUT2D eigenvalue weighted by Gasteiger charge is 2.27. The van der Waals surface area contributed by atoms with Crippen LogP contribution in [0.5, 0.6) is 5.75 Å². The monoisotopic (exact) mass is 413 g/mol. The number of carbonyl (C=O) groups excluding carboxylic acids is 2. The van der Waals surface area contributed by atoms with Crippen LogP contribution in [0, 0.1) is 0 Å². The number of thiophene rings is 1. The van der Waals surface area contributed by atoms with Crippen molar-refractivity contribution in [1.82, 2.24) is 0 Å². The van der Waals surface area contributed by atoms with E-state index in [1.54, 1.807) is 13.0 Å². The van der Waals surface area contributed by atoms with Crippen molar-refractivity contribution in [1.29, 1.82) is 0 Å². The summed E-state index contributed by atoms with van der Waals surface area (Å²) in [5.41, 5.74) is 2.47. The minimum Gasteiger partial charge on any atom is -0.494 e. The van der Waals surface area contributed by atoms with Crippen LogP contribution < -0.4 is 10.1 Å². The Kier molecular flexibility index (Phi) is 7.47. The van der Waals surface area contributed by atoms with Crippen LogP contribution in [0.15, 0.2) is 30.3 Å². The standard InChI is InChI=1S/C23H27NO4S/c1-3-5-15-28-17-12-9-16(10-13-17)11-14-20(25)24-22-21(23(26)27-4-2)18-7-6-8-19(18)29-22/h9-14H,3-8,15H2,1-2H3,(H,24,25). The van der Waals surface area contributed by atoms with E-state index in [-0.39, 0.29) is 11.9 Å². The van der Waals surface area contributed by atoms with Gasteiger partial charge in [-0.1, -0.05) is 25.5 Å². The van der Waals surface area contributed by atoms with Gasteiger partial charge in [0.15, 0.2) is 0 Å². The van der Waals surface area contributed by atoms with Crippen molar-refractivity contribution in [3.63, 3.8) is 0 Å².